The number of rotatable bonds is 10. The molecule has 2 aromatic carbocycles. The van der Waals surface area contributed by atoms with Crippen molar-refractivity contribution in [3.8, 4) is 17.2 Å². The van der Waals surface area contributed by atoms with Gasteiger partial charge in [0, 0.05) is 18.4 Å². The van der Waals surface area contributed by atoms with Gasteiger partial charge < -0.3 is 19.5 Å². The number of ketones is 1. The second-order valence-corrected chi connectivity index (χ2v) is 6.72. The quantitative estimate of drug-likeness (QED) is 0.609. The zero-order valence-corrected chi connectivity index (χ0v) is 17.7. The average molecular weight is 399 g/mol. The fourth-order valence-electron chi connectivity index (χ4n) is 3.05. The van der Waals surface area contributed by atoms with Crippen LogP contribution in [0.4, 0.5) is 0 Å². The number of Topliss-reactive ketones (excluding diaryl/α,β-unsaturated/α-hetero) is 1. The first-order chi connectivity index (χ1) is 13.9. The van der Waals surface area contributed by atoms with Crippen LogP contribution in [0.3, 0.4) is 0 Å². The Balaban J connectivity index is 1.98. The Kier molecular flexibility index (Phi) is 8.07. The second-order valence-electron chi connectivity index (χ2n) is 6.72. The molecule has 6 heteroatoms. The van der Waals surface area contributed by atoms with Gasteiger partial charge in [-0.05, 0) is 36.6 Å². The molecule has 29 heavy (non-hydrogen) atoms. The topological polar surface area (TPSA) is 73.9 Å². The van der Waals surface area contributed by atoms with Crippen LogP contribution in [0.25, 0.3) is 0 Å². The molecule has 0 spiro atoms. The van der Waals surface area contributed by atoms with Crippen LogP contribution in [0.1, 0.15) is 54.2 Å². The van der Waals surface area contributed by atoms with Crippen LogP contribution in [0, 0.1) is 0 Å². The number of methoxy groups -OCH3 is 3. The maximum atomic E-state index is 12.3. The van der Waals surface area contributed by atoms with Gasteiger partial charge in [-0.1, -0.05) is 31.2 Å². The van der Waals surface area contributed by atoms with Gasteiger partial charge in [-0.3, -0.25) is 9.59 Å². The standard InChI is InChI=1S/C23H29NO5/c1-6-16-7-9-17(10-8-16)19(25)11-12-22(26)24-15(2)18-13-20(27-3)23(29-5)21(14-18)28-4/h7-10,13-15H,6,11-12H2,1-5H3,(H,24,26). The van der Waals surface area contributed by atoms with Crippen LogP contribution in [0.5, 0.6) is 17.2 Å². The molecule has 2 rings (SSSR count). The normalized spacial score (nSPS) is 11.5. The molecule has 2 aromatic rings. The van der Waals surface area contributed by atoms with Gasteiger partial charge in [-0.25, -0.2) is 0 Å². The third-order valence-corrected chi connectivity index (χ3v) is 4.83. The number of nitrogens with one attached hydrogen (secondary N) is 1. The van der Waals surface area contributed by atoms with E-state index in [0.717, 1.165) is 12.0 Å². The van der Waals surface area contributed by atoms with Gasteiger partial charge in [0.2, 0.25) is 11.7 Å². The maximum absolute atomic E-state index is 12.3. The molecule has 6 nitrogen and oxygen atoms in total. The van der Waals surface area contributed by atoms with Crippen molar-refractivity contribution in [1.82, 2.24) is 5.32 Å². The van der Waals surface area contributed by atoms with Crippen LogP contribution >= 0.6 is 0 Å². The zero-order valence-electron chi connectivity index (χ0n) is 17.7. The fourth-order valence-corrected chi connectivity index (χ4v) is 3.05. The molecule has 1 unspecified atom stereocenters. The Labute approximate surface area is 172 Å². The van der Waals surface area contributed by atoms with Crippen molar-refractivity contribution in [2.45, 2.75) is 39.2 Å². The minimum atomic E-state index is -0.282. The maximum Gasteiger partial charge on any atom is 0.220 e. The SMILES string of the molecule is CCc1ccc(C(=O)CCC(=O)NC(C)c2cc(OC)c(OC)c(OC)c2)cc1. The minimum absolute atomic E-state index is 0.0387. The predicted molar refractivity (Wildman–Crippen MR) is 112 cm³/mol. The molecule has 0 aliphatic rings. The van der Waals surface area contributed by atoms with Crippen LogP contribution in [0.2, 0.25) is 0 Å². The monoisotopic (exact) mass is 399 g/mol. The third-order valence-electron chi connectivity index (χ3n) is 4.83. The molecule has 0 heterocycles. The number of carbonyl (C=O) groups excluding carboxylic acids is 2. The molecule has 0 aliphatic heterocycles. The first kappa shape index (κ1) is 22.3. The van der Waals surface area contributed by atoms with Gasteiger partial charge in [-0.2, -0.15) is 0 Å². The molecule has 0 aliphatic carbocycles. The van der Waals surface area contributed by atoms with Gasteiger partial charge in [-0.15, -0.1) is 0 Å². The molecule has 0 saturated carbocycles. The number of ether oxygens (including phenoxy) is 3. The summed E-state index contributed by atoms with van der Waals surface area (Å²) in [4.78, 5) is 24.7. The summed E-state index contributed by atoms with van der Waals surface area (Å²) in [5, 5.41) is 2.92. The van der Waals surface area contributed by atoms with Gasteiger partial charge in [0.25, 0.3) is 0 Å². The van der Waals surface area contributed by atoms with E-state index in [-0.39, 0.29) is 30.6 Å². The van der Waals surface area contributed by atoms with E-state index >= 15 is 0 Å². The van der Waals surface area contributed by atoms with Crippen LogP contribution < -0.4 is 19.5 Å². The molecular weight excluding hydrogens is 370 g/mol. The average Bonchev–Trinajstić information content (AvgIpc) is 2.76. The molecule has 0 fully saturated rings. The first-order valence-corrected chi connectivity index (χ1v) is 9.64. The Morgan fingerprint density at radius 2 is 1.52 bits per heavy atom. The number of aryl methyl sites for hydroxylation is 1. The van der Waals surface area contributed by atoms with E-state index in [1.54, 1.807) is 26.4 Å². The van der Waals surface area contributed by atoms with Crippen LogP contribution in [-0.2, 0) is 11.2 Å². The summed E-state index contributed by atoms with van der Waals surface area (Å²) < 4.78 is 16.0. The zero-order chi connectivity index (χ0) is 21.4. The second kappa shape index (κ2) is 10.5. The summed E-state index contributed by atoms with van der Waals surface area (Å²) in [6, 6.07) is 10.8. The van der Waals surface area contributed by atoms with Crippen molar-refractivity contribution in [3.63, 3.8) is 0 Å². The number of carbonyl (C=O) groups is 2. The van der Waals surface area contributed by atoms with Gasteiger partial charge in [0.15, 0.2) is 17.3 Å². The summed E-state index contributed by atoms with van der Waals surface area (Å²) in [6.45, 7) is 3.93. The molecular formula is C23H29NO5. The van der Waals surface area contributed by atoms with Gasteiger partial charge >= 0.3 is 0 Å². The van der Waals surface area contributed by atoms with Crippen molar-refractivity contribution >= 4 is 11.7 Å². The van der Waals surface area contributed by atoms with Crippen molar-refractivity contribution < 1.29 is 23.8 Å². The minimum Gasteiger partial charge on any atom is -0.493 e. The lowest BCUT2D eigenvalue weighted by atomic mass is 10.0. The molecule has 1 atom stereocenters. The van der Waals surface area contributed by atoms with E-state index in [9.17, 15) is 9.59 Å². The van der Waals surface area contributed by atoms with Crippen molar-refractivity contribution in [1.29, 1.82) is 0 Å². The number of benzene rings is 2. The van der Waals surface area contributed by atoms with E-state index in [2.05, 4.69) is 12.2 Å². The Morgan fingerprint density at radius 3 is 2.00 bits per heavy atom. The lowest BCUT2D eigenvalue weighted by Gasteiger charge is -2.18. The van der Waals surface area contributed by atoms with Crippen molar-refractivity contribution in [3.05, 3.63) is 53.1 Å². The highest BCUT2D eigenvalue weighted by Crippen LogP contribution is 2.39. The third kappa shape index (κ3) is 5.73. The fraction of sp³-hybridized carbons (Fsp3) is 0.391. The molecule has 156 valence electrons. The molecule has 0 saturated heterocycles. The van der Waals surface area contributed by atoms with E-state index in [4.69, 9.17) is 14.2 Å². The highest BCUT2D eigenvalue weighted by Gasteiger charge is 2.18. The molecule has 0 radical (unpaired) electrons. The molecule has 1 amide bonds. The van der Waals surface area contributed by atoms with E-state index in [0.29, 0.717) is 22.8 Å². The summed E-state index contributed by atoms with van der Waals surface area (Å²) in [5.74, 6) is 1.31. The van der Waals surface area contributed by atoms with Gasteiger partial charge in [0.05, 0.1) is 27.4 Å². The first-order valence-electron chi connectivity index (χ1n) is 9.64. The predicted octanol–water partition coefficient (Wildman–Crippen LogP) is 4.12. The number of hydrogen-bond acceptors (Lipinski definition) is 5. The van der Waals surface area contributed by atoms with Crippen LogP contribution in [-0.4, -0.2) is 33.0 Å². The highest BCUT2D eigenvalue weighted by atomic mass is 16.5. The van der Waals surface area contributed by atoms with Crippen molar-refractivity contribution in [2.24, 2.45) is 0 Å². The Hall–Kier alpha value is -3.02. The lowest BCUT2D eigenvalue weighted by molar-refractivity contribution is -0.121. The summed E-state index contributed by atoms with van der Waals surface area (Å²) in [7, 11) is 4.63. The molecule has 0 bridgehead atoms. The Bertz CT molecular complexity index is 820. The van der Waals surface area contributed by atoms with Gasteiger partial charge in [0.1, 0.15) is 0 Å². The van der Waals surface area contributed by atoms with E-state index in [1.165, 1.54) is 12.7 Å². The summed E-state index contributed by atoms with van der Waals surface area (Å²) >= 11 is 0. The summed E-state index contributed by atoms with van der Waals surface area (Å²) in [5.41, 5.74) is 2.63. The smallest absolute Gasteiger partial charge is 0.220 e. The van der Waals surface area contributed by atoms with E-state index in [1.807, 2.05) is 31.2 Å². The summed E-state index contributed by atoms with van der Waals surface area (Å²) in [6.07, 6.45) is 1.22. The van der Waals surface area contributed by atoms with Crippen molar-refractivity contribution in [2.75, 3.05) is 21.3 Å². The largest absolute Gasteiger partial charge is 0.493 e. The number of hydrogen-bond donors (Lipinski definition) is 1. The molecule has 1 N–H and O–H groups in total. The molecule has 0 aromatic heterocycles. The lowest BCUT2D eigenvalue weighted by Crippen LogP contribution is -2.27. The van der Waals surface area contributed by atoms with Crippen LogP contribution in [0.15, 0.2) is 36.4 Å². The Morgan fingerprint density at radius 1 is 0.931 bits per heavy atom. The highest BCUT2D eigenvalue weighted by molar-refractivity contribution is 5.98. The van der Waals surface area contributed by atoms with E-state index < -0.39 is 0 Å². The number of amides is 1.